The van der Waals surface area contributed by atoms with Crippen LogP contribution >= 0.6 is 0 Å². The van der Waals surface area contributed by atoms with Gasteiger partial charge in [-0.1, -0.05) is 12.2 Å². The zero-order chi connectivity index (χ0) is 15.2. The van der Waals surface area contributed by atoms with Crippen LogP contribution in [0, 0.1) is 5.92 Å². The number of aliphatic hydroxyl groups is 1. The fourth-order valence-corrected chi connectivity index (χ4v) is 5.09. The first kappa shape index (κ1) is 12.7. The van der Waals surface area contributed by atoms with Crippen LogP contribution in [0.2, 0.25) is 0 Å². The van der Waals surface area contributed by atoms with Gasteiger partial charge in [0.15, 0.2) is 17.3 Å². The molecule has 5 atom stereocenters. The lowest BCUT2D eigenvalue weighted by Crippen LogP contribution is -2.66. The Kier molecular flexibility index (Phi) is 2.15. The Morgan fingerprint density at radius 1 is 1.36 bits per heavy atom. The largest absolute Gasteiger partial charge is 0.504 e. The molecule has 2 aliphatic carbocycles. The average molecular weight is 299 g/mol. The monoisotopic (exact) mass is 299 g/mol. The highest BCUT2D eigenvalue weighted by atomic mass is 16.5. The number of nitrogens with zero attached hydrogens (tertiary/aromatic N) is 1. The van der Waals surface area contributed by atoms with Crippen molar-refractivity contribution in [1.82, 2.24) is 4.90 Å². The Balaban J connectivity index is 1.89. The van der Waals surface area contributed by atoms with E-state index in [0.717, 1.165) is 18.5 Å². The molecule has 1 spiro atoms. The normalized spacial score (nSPS) is 41.3. The number of carbonyl (C=O) groups excluding carboxylic acids is 1. The number of piperidine rings is 1. The first-order valence-corrected chi connectivity index (χ1v) is 7.69. The third kappa shape index (κ3) is 1.15. The van der Waals surface area contributed by atoms with E-state index in [2.05, 4.69) is 4.90 Å². The van der Waals surface area contributed by atoms with Crippen LogP contribution in [0.5, 0.6) is 11.5 Å². The molecule has 1 saturated heterocycles. The van der Waals surface area contributed by atoms with Crippen LogP contribution in [0.3, 0.4) is 0 Å². The quantitative estimate of drug-likeness (QED) is 0.695. The van der Waals surface area contributed by atoms with Gasteiger partial charge >= 0.3 is 0 Å². The molecular weight excluding hydrogens is 282 g/mol. The summed E-state index contributed by atoms with van der Waals surface area (Å²) in [4.78, 5) is 15.1. The third-order valence-electron chi connectivity index (χ3n) is 6.00. The van der Waals surface area contributed by atoms with Crippen molar-refractivity contribution < 1.29 is 19.7 Å². The molecule has 1 aromatic rings. The molecule has 0 saturated carbocycles. The highest BCUT2D eigenvalue weighted by Gasteiger charge is 2.66. The molecule has 1 aromatic carbocycles. The van der Waals surface area contributed by atoms with Gasteiger partial charge in [-0.2, -0.15) is 0 Å². The van der Waals surface area contributed by atoms with Crippen LogP contribution in [0.1, 0.15) is 22.3 Å². The SMILES string of the molecule is CN1CC[C@@]23c4c5ccc(O)c4O[C@@H]2[C@H](O)C=C[C@H]3[C@H]1C5=O. The number of hydrogen-bond acceptors (Lipinski definition) is 5. The number of Topliss-reactive ketones (excluding diaryl/α,β-unsaturated/α-hetero) is 1. The maximum Gasteiger partial charge on any atom is 0.181 e. The molecule has 2 bridgehead atoms. The van der Waals surface area contributed by atoms with Crippen LogP contribution in [0.4, 0.5) is 0 Å². The molecule has 5 rings (SSSR count). The van der Waals surface area contributed by atoms with Gasteiger partial charge in [0.25, 0.3) is 0 Å². The van der Waals surface area contributed by atoms with Gasteiger partial charge in [0.05, 0.1) is 6.04 Å². The molecule has 0 unspecified atom stereocenters. The van der Waals surface area contributed by atoms with Gasteiger partial charge in [-0.3, -0.25) is 9.69 Å². The van der Waals surface area contributed by atoms with Crippen LogP contribution in [0.15, 0.2) is 24.3 Å². The predicted octanol–water partition coefficient (Wildman–Crippen LogP) is 0.838. The van der Waals surface area contributed by atoms with E-state index in [1.807, 2.05) is 13.1 Å². The fourth-order valence-electron chi connectivity index (χ4n) is 5.09. The maximum atomic E-state index is 13.0. The highest BCUT2D eigenvalue weighted by molar-refractivity contribution is 6.05. The Morgan fingerprint density at radius 2 is 2.18 bits per heavy atom. The molecule has 0 aromatic heterocycles. The molecule has 1 fully saturated rings. The molecule has 114 valence electrons. The van der Waals surface area contributed by atoms with Crippen molar-refractivity contribution in [1.29, 1.82) is 0 Å². The lowest BCUT2D eigenvalue weighted by molar-refractivity contribution is -0.0386. The summed E-state index contributed by atoms with van der Waals surface area (Å²) in [5, 5.41) is 20.6. The Hall–Kier alpha value is -1.85. The van der Waals surface area contributed by atoms with Crippen molar-refractivity contribution in [2.75, 3.05) is 13.6 Å². The van der Waals surface area contributed by atoms with E-state index >= 15 is 0 Å². The second kappa shape index (κ2) is 3.73. The van der Waals surface area contributed by atoms with Crippen LogP contribution < -0.4 is 4.74 Å². The summed E-state index contributed by atoms with van der Waals surface area (Å²) in [5.41, 5.74) is 1.06. The molecular formula is C17H17NO4. The number of aliphatic hydroxyl groups excluding tert-OH is 1. The van der Waals surface area contributed by atoms with Crippen LogP contribution in [-0.2, 0) is 5.41 Å². The molecule has 22 heavy (non-hydrogen) atoms. The molecule has 0 radical (unpaired) electrons. The molecule has 2 heterocycles. The first-order valence-electron chi connectivity index (χ1n) is 7.69. The van der Waals surface area contributed by atoms with Crippen molar-refractivity contribution in [2.45, 2.75) is 30.1 Å². The fraction of sp³-hybridized carbons (Fsp3) is 0.471. The average Bonchev–Trinajstić information content (AvgIpc) is 2.85. The Labute approximate surface area is 127 Å². The van der Waals surface area contributed by atoms with Crippen molar-refractivity contribution in [2.24, 2.45) is 5.92 Å². The van der Waals surface area contributed by atoms with Gasteiger partial charge in [0.1, 0.15) is 12.2 Å². The number of rotatable bonds is 0. The van der Waals surface area contributed by atoms with Crippen molar-refractivity contribution in [3.05, 3.63) is 35.4 Å². The summed E-state index contributed by atoms with van der Waals surface area (Å²) in [6.45, 7) is 0.780. The van der Waals surface area contributed by atoms with E-state index in [0.29, 0.717) is 11.3 Å². The lowest BCUT2D eigenvalue weighted by Gasteiger charge is -2.55. The van der Waals surface area contributed by atoms with Gasteiger partial charge in [0.2, 0.25) is 0 Å². The summed E-state index contributed by atoms with van der Waals surface area (Å²) in [5.74, 6) is 0.525. The Bertz CT molecular complexity index is 742. The molecule has 2 aliphatic heterocycles. The summed E-state index contributed by atoms with van der Waals surface area (Å²) in [6.07, 6.45) is 3.39. The van der Waals surface area contributed by atoms with E-state index in [-0.39, 0.29) is 23.5 Å². The van der Waals surface area contributed by atoms with Gasteiger partial charge in [-0.05, 0) is 32.1 Å². The van der Waals surface area contributed by atoms with Gasteiger partial charge in [0, 0.05) is 22.5 Å². The summed E-state index contributed by atoms with van der Waals surface area (Å²) < 4.78 is 5.98. The Morgan fingerprint density at radius 3 is 3.00 bits per heavy atom. The lowest BCUT2D eigenvalue weighted by atomic mass is 9.53. The number of likely N-dealkylation sites (tertiary alicyclic amines) is 1. The zero-order valence-corrected chi connectivity index (χ0v) is 12.2. The topological polar surface area (TPSA) is 70.0 Å². The minimum absolute atomic E-state index is 0.0114. The van der Waals surface area contributed by atoms with Gasteiger partial charge < -0.3 is 14.9 Å². The third-order valence-corrected chi connectivity index (χ3v) is 6.00. The van der Waals surface area contributed by atoms with E-state index in [1.54, 1.807) is 12.1 Å². The number of phenols is 1. The van der Waals surface area contributed by atoms with E-state index in [1.165, 1.54) is 6.07 Å². The number of likely N-dealkylation sites (N-methyl/N-ethyl adjacent to an activating group) is 1. The number of hydrogen-bond donors (Lipinski definition) is 2. The van der Waals surface area contributed by atoms with Crippen LogP contribution in [-0.4, -0.2) is 52.7 Å². The summed E-state index contributed by atoms with van der Waals surface area (Å²) in [7, 11) is 1.98. The molecule has 5 heteroatoms. The van der Waals surface area contributed by atoms with E-state index in [4.69, 9.17) is 4.74 Å². The smallest absolute Gasteiger partial charge is 0.181 e. The van der Waals surface area contributed by atoms with Gasteiger partial charge in [-0.15, -0.1) is 0 Å². The second-order valence-corrected chi connectivity index (χ2v) is 6.86. The molecule has 2 N–H and O–H groups in total. The number of ether oxygens (including phenoxy) is 1. The number of carbonyl (C=O) groups is 1. The molecule has 5 nitrogen and oxygen atoms in total. The molecule has 4 aliphatic rings. The van der Waals surface area contributed by atoms with E-state index < -0.39 is 17.6 Å². The predicted molar refractivity (Wildman–Crippen MR) is 78.2 cm³/mol. The molecule has 0 amide bonds. The second-order valence-electron chi connectivity index (χ2n) is 6.86. The van der Waals surface area contributed by atoms with E-state index in [9.17, 15) is 15.0 Å². The van der Waals surface area contributed by atoms with Crippen LogP contribution in [0.25, 0.3) is 0 Å². The highest BCUT2D eigenvalue weighted by Crippen LogP contribution is 2.62. The van der Waals surface area contributed by atoms with Gasteiger partial charge in [-0.25, -0.2) is 0 Å². The van der Waals surface area contributed by atoms with Crippen molar-refractivity contribution in [3.8, 4) is 11.5 Å². The first-order chi connectivity index (χ1) is 10.6. The maximum absolute atomic E-state index is 13.0. The number of phenolic OH excluding ortho intramolecular Hbond substituents is 1. The zero-order valence-electron chi connectivity index (χ0n) is 12.2. The summed E-state index contributed by atoms with van der Waals surface area (Å²) >= 11 is 0. The van der Waals surface area contributed by atoms with Crippen molar-refractivity contribution >= 4 is 5.78 Å². The minimum Gasteiger partial charge on any atom is -0.504 e. The summed E-state index contributed by atoms with van der Waals surface area (Å²) in [6, 6.07) is 3.01. The number of aromatic hydroxyl groups is 1. The number of benzene rings is 1. The standard InChI is InChI=1S/C17H17NO4/c1-18-7-6-17-9-3-5-11(20)16(17)22-15-10(19)4-2-8(12(15)17)14(21)13(9)18/h2-5,9,11,13,16,19-20H,6-7H2,1H3/t9-,11+,13-,16+,17+/m0/s1. The minimum atomic E-state index is -0.715. The van der Waals surface area contributed by atoms with Crippen molar-refractivity contribution in [3.63, 3.8) is 0 Å². The number of ketones is 1.